The largest absolute Gasteiger partial charge is 0.496 e. The molecule has 2 aromatic rings. The van der Waals surface area contributed by atoms with Crippen molar-refractivity contribution >= 4 is 31.9 Å². The average Bonchev–Trinajstić information content (AvgIpc) is 2.48. The molecule has 0 aromatic heterocycles. The second kappa shape index (κ2) is 7.38. The SMILES string of the molecule is CCNC(c1ccc(Br)cc1OC)c1cccc(Br)c1F. The summed E-state index contributed by atoms with van der Waals surface area (Å²) in [4.78, 5) is 0. The summed E-state index contributed by atoms with van der Waals surface area (Å²) >= 11 is 6.67. The molecule has 0 aliphatic rings. The predicted molar refractivity (Wildman–Crippen MR) is 90.3 cm³/mol. The normalized spacial score (nSPS) is 12.2. The second-order valence-electron chi connectivity index (χ2n) is 4.52. The van der Waals surface area contributed by atoms with Crippen molar-refractivity contribution in [2.24, 2.45) is 0 Å². The van der Waals surface area contributed by atoms with Crippen LogP contribution in [0.25, 0.3) is 0 Å². The number of halogens is 3. The van der Waals surface area contributed by atoms with Gasteiger partial charge < -0.3 is 10.1 Å². The molecule has 0 amide bonds. The average molecular weight is 417 g/mol. The maximum atomic E-state index is 14.4. The molecule has 0 radical (unpaired) electrons. The first-order valence-corrected chi connectivity index (χ1v) is 8.17. The number of methoxy groups -OCH3 is 1. The van der Waals surface area contributed by atoms with Gasteiger partial charge >= 0.3 is 0 Å². The first-order valence-electron chi connectivity index (χ1n) is 6.59. The minimum Gasteiger partial charge on any atom is -0.496 e. The van der Waals surface area contributed by atoms with Crippen LogP contribution in [0, 0.1) is 5.82 Å². The first kappa shape index (κ1) is 16.5. The summed E-state index contributed by atoms with van der Waals surface area (Å²) in [6.07, 6.45) is 0. The molecule has 2 aromatic carbocycles. The van der Waals surface area contributed by atoms with E-state index in [1.807, 2.05) is 31.2 Å². The molecular formula is C16H16Br2FNO. The van der Waals surface area contributed by atoms with Gasteiger partial charge in [0.05, 0.1) is 17.6 Å². The summed E-state index contributed by atoms with van der Waals surface area (Å²) in [5.74, 6) is 0.461. The Morgan fingerprint density at radius 3 is 2.62 bits per heavy atom. The summed E-state index contributed by atoms with van der Waals surface area (Å²) in [5, 5.41) is 3.32. The Balaban J connectivity index is 2.56. The minimum absolute atomic E-state index is 0.256. The highest BCUT2D eigenvalue weighted by Crippen LogP contribution is 2.34. The van der Waals surface area contributed by atoms with Crippen LogP contribution in [0.5, 0.6) is 5.75 Å². The highest BCUT2D eigenvalue weighted by Gasteiger charge is 2.21. The number of ether oxygens (including phenoxy) is 1. The number of hydrogen-bond acceptors (Lipinski definition) is 2. The molecule has 21 heavy (non-hydrogen) atoms. The molecule has 1 N–H and O–H groups in total. The fraction of sp³-hybridized carbons (Fsp3) is 0.250. The van der Waals surface area contributed by atoms with Crippen LogP contribution in [0.3, 0.4) is 0 Å². The number of rotatable bonds is 5. The van der Waals surface area contributed by atoms with Crippen LogP contribution >= 0.6 is 31.9 Å². The van der Waals surface area contributed by atoms with E-state index >= 15 is 0 Å². The van der Waals surface area contributed by atoms with E-state index in [4.69, 9.17) is 4.74 Å². The zero-order valence-electron chi connectivity index (χ0n) is 11.8. The third-order valence-electron chi connectivity index (χ3n) is 3.21. The Bertz CT molecular complexity index is 634. The van der Waals surface area contributed by atoms with Gasteiger partial charge in [-0.25, -0.2) is 4.39 Å². The van der Waals surface area contributed by atoms with Crippen molar-refractivity contribution in [2.45, 2.75) is 13.0 Å². The van der Waals surface area contributed by atoms with Crippen LogP contribution in [0.2, 0.25) is 0 Å². The molecule has 1 atom stereocenters. The lowest BCUT2D eigenvalue weighted by Gasteiger charge is -2.22. The molecule has 112 valence electrons. The lowest BCUT2D eigenvalue weighted by atomic mass is 9.97. The number of benzene rings is 2. The highest BCUT2D eigenvalue weighted by molar-refractivity contribution is 9.10. The van der Waals surface area contributed by atoms with Gasteiger partial charge in [-0.3, -0.25) is 0 Å². The van der Waals surface area contributed by atoms with E-state index in [9.17, 15) is 4.39 Å². The zero-order chi connectivity index (χ0) is 15.4. The molecule has 0 saturated carbocycles. The van der Waals surface area contributed by atoms with Crippen LogP contribution in [0.4, 0.5) is 4.39 Å². The lowest BCUT2D eigenvalue weighted by Crippen LogP contribution is -2.23. The quantitative estimate of drug-likeness (QED) is 0.735. The van der Waals surface area contributed by atoms with Gasteiger partial charge in [-0.2, -0.15) is 0 Å². The Hall–Kier alpha value is -0.910. The van der Waals surface area contributed by atoms with Crippen molar-refractivity contribution in [1.29, 1.82) is 0 Å². The summed E-state index contributed by atoms with van der Waals surface area (Å²) in [5.41, 5.74) is 1.49. The topological polar surface area (TPSA) is 21.3 Å². The van der Waals surface area contributed by atoms with Crippen LogP contribution in [-0.2, 0) is 0 Å². The highest BCUT2D eigenvalue weighted by atomic mass is 79.9. The molecule has 5 heteroatoms. The molecular weight excluding hydrogens is 401 g/mol. The van der Waals surface area contributed by atoms with E-state index in [2.05, 4.69) is 37.2 Å². The van der Waals surface area contributed by atoms with Crippen molar-refractivity contribution < 1.29 is 9.13 Å². The summed E-state index contributed by atoms with van der Waals surface area (Å²) in [6.45, 7) is 2.71. The maximum Gasteiger partial charge on any atom is 0.142 e. The molecule has 0 fully saturated rings. The Kier molecular flexibility index (Phi) is 5.79. The van der Waals surface area contributed by atoms with Crippen LogP contribution < -0.4 is 10.1 Å². The molecule has 0 aliphatic carbocycles. The van der Waals surface area contributed by atoms with Gasteiger partial charge in [0.2, 0.25) is 0 Å². The zero-order valence-corrected chi connectivity index (χ0v) is 15.0. The summed E-state index contributed by atoms with van der Waals surface area (Å²) < 4.78 is 21.3. The van der Waals surface area contributed by atoms with Crippen molar-refractivity contribution in [3.05, 3.63) is 62.3 Å². The molecule has 1 unspecified atom stereocenters. The fourth-order valence-corrected chi connectivity index (χ4v) is 2.98. The predicted octanol–water partition coefficient (Wildman–Crippen LogP) is 5.06. The van der Waals surface area contributed by atoms with E-state index in [-0.39, 0.29) is 11.9 Å². The van der Waals surface area contributed by atoms with Gasteiger partial charge in [-0.1, -0.05) is 41.1 Å². The Labute approximate surface area is 141 Å². The van der Waals surface area contributed by atoms with Gasteiger partial charge in [-0.05, 0) is 40.7 Å². The molecule has 0 spiro atoms. The van der Waals surface area contributed by atoms with Crippen LogP contribution in [0.1, 0.15) is 24.1 Å². The maximum absolute atomic E-state index is 14.4. The van der Waals surface area contributed by atoms with Crippen LogP contribution in [0.15, 0.2) is 45.3 Å². The monoisotopic (exact) mass is 415 g/mol. The van der Waals surface area contributed by atoms with Gasteiger partial charge in [-0.15, -0.1) is 0 Å². The van der Waals surface area contributed by atoms with Gasteiger partial charge in [0.25, 0.3) is 0 Å². The van der Waals surface area contributed by atoms with Crippen molar-refractivity contribution in [2.75, 3.05) is 13.7 Å². The Morgan fingerprint density at radius 1 is 1.19 bits per heavy atom. The summed E-state index contributed by atoms with van der Waals surface area (Å²) in [6, 6.07) is 10.8. The van der Waals surface area contributed by atoms with E-state index in [0.717, 1.165) is 22.3 Å². The number of hydrogen-bond donors (Lipinski definition) is 1. The third kappa shape index (κ3) is 3.65. The fourth-order valence-electron chi connectivity index (χ4n) is 2.26. The van der Waals surface area contributed by atoms with Crippen LogP contribution in [-0.4, -0.2) is 13.7 Å². The summed E-state index contributed by atoms with van der Waals surface area (Å²) in [7, 11) is 1.62. The van der Waals surface area contributed by atoms with Gasteiger partial charge in [0.15, 0.2) is 0 Å². The van der Waals surface area contributed by atoms with Crippen molar-refractivity contribution in [3.8, 4) is 5.75 Å². The number of nitrogens with one attached hydrogen (secondary N) is 1. The minimum atomic E-state index is -0.268. The van der Waals surface area contributed by atoms with E-state index in [0.29, 0.717) is 10.0 Å². The van der Waals surface area contributed by atoms with E-state index in [1.165, 1.54) is 0 Å². The van der Waals surface area contributed by atoms with Gasteiger partial charge in [0, 0.05) is 15.6 Å². The molecule has 2 rings (SSSR count). The van der Waals surface area contributed by atoms with Crippen molar-refractivity contribution in [1.82, 2.24) is 5.32 Å². The second-order valence-corrected chi connectivity index (χ2v) is 6.29. The molecule has 0 bridgehead atoms. The lowest BCUT2D eigenvalue weighted by molar-refractivity contribution is 0.403. The molecule has 0 aliphatic heterocycles. The van der Waals surface area contributed by atoms with E-state index in [1.54, 1.807) is 19.2 Å². The molecule has 0 saturated heterocycles. The van der Waals surface area contributed by atoms with Gasteiger partial charge in [0.1, 0.15) is 11.6 Å². The van der Waals surface area contributed by atoms with E-state index < -0.39 is 0 Å². The standard InChI is InChI=1S/C16H16Br2FNO/c1-3-20-16(12-5-4-6-13(18)15(12)19)11-8-7-10(17)9-14(11)21-2/h4-9,16,20H,3H2,1-2H3. The smallest absolute Gasteiger partial charge is 0.142 e. The Morgan fingerprint density at radius 2 is 1.95 bits per heavy atom. The van der Waals surface area contributed by atoms with Crippen molar-refractivity contribution in [3.63, 3.8) is 0 Å². The first-order chi connectivity index (χ1) is 10.1. The molecule has 2 nitrogen and oxygen atoms in total. The third-order valence-corrected chi connectivity index (χ3v) is 4.31. The molecule has 0 heterocycles.